The van der Waals surface area contributed by atoms with Crippen molar-refractivity contribution in [3.63, 3.8) is 0 Å². The smallest absolute Gasteiger partial charge is 0.276 e. The van der Waals surface area contributed by atoms with E-state index in [1.54, 1.807) is 30.3 Å². The Balaban J connectivity index is 1.95. The van der Waals surface area contributed by atoms with E-state index in [0.717, 1.165) is 12.4 Å². The van der Waals surface area contributed by atoms with Crippen LogP contribution in [0.3, 0.4) is 0 Å². The van der Waals surface area contributed by atoms with E-state index in [1.807, 2.05) is 4.72 Å². The van der Waals surface area contributed by atoms with Crippen LogP contribution in [0.2, 0.25) is 0 Å². The van der Waals surface area contributed by atoms with E-state index in [9.17, 15) is 34.8 Å². The molecule has 0 bridgehead atoms. The fourth-order valence-electron chi connectivity index (χ4n) is 2.41. The number of hydrogen-bond acceptors (Lipinski definition) is 4. The summed E-state index contributed by atoms with van der Waals surface area (Å²) in [6, 6.07) is 8.68. The Kier molecular flexibility index (Phi) is 5.46. The van der Waals surface area contributed by atoms with Crippen molar-refractivity contribution in [3.05, 3.63) is 72.1 Å². The zero-order valence-electron chi connectivity index (χ0n) is 14.7. The summed E-state index contributed by atoms with van der Waals surface area (Å²) in [5.74, 6) is 0.247. The van der Waals surface area contributed by atoms with Crippen LogP contribution in [-0.2, 0) is 22.4 Å². The summed E-state index contributed by atoms with van der Waals surface area (Å²) in [6.45, 7) is 0. The summed E-state index contributed by atoms with van der Waals surface area (Å²) in [6.07, 6.45) is -8.26. The number of aromatic nitrogens is 2. The molecule has 0 saturated carbocycles. The number of sulfonamides is 1. The number of nitrogens with one attached hydrogen (secondary N) is 1. The Hall–Kier alpha value is -3.15. The van der Waals surface area contributed by atoms with Crippen LogP contribution in [0.1, 0.15) is 11.1 Å². The SMILES string of the molecule is O=S(=O)(Nc1cnc(-c2ccccc2)nc1)c1cc(C(F)(F)F)cc(C(F)(F)F)c1. The quantitative estimate of drug-likeness (QED) is 0.573. The highest BCUT2D eigenvalue weighted by Gasteiger charge is 2.38. The highest BCUT2D eigenvalue weighted by atomic mass is 32.2. The predicted molar refractivity (Wildman–Crippen MR) is 94.7 cm³/mol. The van der Waals surface area contributed by atoms with Gasteiger partial charge in [-0.05, 0) is 18.2 Å². The van der Waals surface area contributed by atoms with Crippen molar-refractivity contribution in [2.75, 3.05) is 4.72 Å². The van der Waals surface area contributed by atoms with E-state index in [2.05, 4.69) is 9.97 Å². The normalized spacial score (nSPS) is 12.6. The molecule has 12 heteroatoms. The fourth-order valence-corrected chi connectivity index (χ4v) is 3.51. The minimum absolute atomic E-state index is 0.122. The van der Waals surface area contributed by atoms with Gasteiger partial charge in [0.05, 0.1) is 34.1 Å². The van der Waals surface area contributed by atoms with Gasteiger partial charge in [-0.3, -0.25) is 4.72 Å². The molecule has 0 spiro atoms. The molecule has 30 heavy (non-hydrogen) atoms. The lowest BCUT2D eigenvalue weighted by Gasteiger charge is -2.15. The van der Waals surface area contributed by atoms with Crippen LogP contribution in [0, 0.1) is 0 Å². The third kappa shape index (κ3) is 4.87. The number of nitrogens with zero attached hydrogens (tertiary/aromatic N) is 2. The van der Waals surface area contributed by atoms with Gasteiger partial charge in [0.2, 0.25) is 0 Å². The van der Waals surface area contributed by atoms with E-state index >= 15 is 0 Å². The number of halogens is 6. The van der Waals surface area contributed by atoms with Gasteiger partial charge in [0.1, 0.15) is 0 Å². The third-order valence-electron chi connectivity index (χ3n) is 3.81. The zero-order chi connectivity index (χ0) is 22.2. The van der Waals surface area contributed by atoms with Crippen molar-refractivity contribution >= 4 is 15.7 Å². The minimum Gasteiger partial charge on any atom is -0.276 e. The monoisotopic (exact) mass is 447 g/mol. The van der Waals surface area contributed by atoms with E-state index in [4.69, 9.17) is 0 Å². The first kappa shape index (κ1) is 21.6. The van der Waals surface area contributed by atoms with Gasteiger partial charge in [0, 0.05) is 5.56 Å². The Bertz CT molecular complexity index is 1110. The van der Waals surface area contributed by atoms with Crippen LogP contribution in [0.4, 0.5) is 32.0 Å². The van der Waals surface area contributed by atoms with Crippen LogP contribution in [0.5, 0.6) is 0 Å². The molecule has 1 N–H and O–H groups in total. The molecule has 0 aliphatic carbocycles. The highest BCUT2D eigenvalue weighted by Crippen LogP contribution is 2.37. The molecule has 5 nitrogen and oxygen atoms in total. The second-order valence-corrected chi connectivity index (χ2v) is 7.69. The van der Waals surface area contributed by atoms with Gasteiger partial charge >= 0.3 is 12.4 Å². The lowest BCUT2D eigenvalue weighted by atomic mass is 10.1. The van der Waals surface area contributed by atoms with Gasteiger partial charge in [-0.1, -0.05) is 30.3 Å². The topological polar surface area (TPSA) is 72.0 Å². The second kappa shape index (κ2) is 7.59. The molecular weight excluding hydrogens is 436 g/mol. The first-order valence-electron chi connectivity index (χ1n) is 8.06. The van der Waals surface area contributed by atoms with Crippen molar-refractivity contribution in [3.8, 4) is 11.4 Å². The van der Waals surface area contributed by atoms with Gasteiger partial charge in [0.25, 0.3) is 10.0 Å². The molecular formula is C18H11F6N3O2S. The molecule has 0 fully saturated rings. The minimum atomic E-state index is -5.17. The second-order valence-electron chi connectivity index (χ2n) is 6.01. The lowest BCUT2D eigenvalue weighted by Crippen LogP contribution is -2.17. The maximum atomic E-state index is 13.0. The number of rotatable bonds is 4. The van der Waals surface area contributed by atoms with Crippen molar-refractivity contribution in [2.24, 2.45) is 0 Å². The summed E-state index contributed by atoms with van der Waals surface area (Å²) in [7, 11) is -4.79. The molecule has 0 atom stereocenters. The van der Waals surface area contributed by atoms with E-state index in [0.29, 0.717) is 5.56 Å². The standard InChI is InChI=1S/C18H11F6N3O2S/c19-17(20,21)12-6-13(18(22,23)24)8-15(7-12)30(28,29)27-14-9-25-16(26-10-14)11-4-2-1-3-5-11/h1-10,27H. The molecule has 0 saturated heterocycles. The van der Waals surface area contributed by atoms with Crippen molar-refractivity contribution in [2.45, 2.75) is 17.2 Å². The van der Waals surface area contributed by atoms with E-state index in [1.165, 1.54) is 0 Å². The highest BCUT2D eigenvalue weighted by molar-refractivity contribution is 7.92. The van der Waals surface area contributed by atoms with Crippen molar-refractivity contribution in [1.82, 2.24) is 9.97 Å². The fraction of sp³-hybridized carbons (Fsp3) is 0.111. The molecule has 158 valence electrons. The van der Waals surface area contributed by atoms with Crippen LogP contribution in [0.25, 0.3) is 11.4 Å². The Morgan fingerprint density at radius 3 is 1.73 bits per heavy atom. The zero-order valence-corrected chi connectivity index (χ0v) is 15.5. The number of benzene rings is 2. The average Bonchev–Trinajstić information content (AvgIpc) is 2.67. The molecule has 0 aliphatic rings. The average molecular weight is 447 g/mol. The Morgan fingerprint density at radius 1 is 0.767 bits per heavy atom. The number of hydrogen-bond donors (Lipinski definition) is 1. The molecule has 0 radical (unpaired) electrons. The largest absolute Gasteiger partial charge is 0.416 e. The van der Waals surface area contributed by atoms with E-state index in [-0.39, 0.29) is 29.7 Å². The maximum Gasteiger partial charge on any atom is 0.416 e. The third-order valence-corrected chi connectivity index (χ3v) is 5.17. The van der Waals surface area contributed by atoms with Gasteiger partial charge in [-0.25, -0.2) is 18.4 Å². The summed E-state index contributed by atoms with van der Waals surface area (Å²) >= 11 is 0. The van der Waals surface area contributed by atoms with Gasteiger partial charge < -0.3 is 0 Å². The summed E-state index contributed by atoms with van der Waals surface area (Å²) < 4.78 is 104. The van der Waals surface area contributed by atoms with E-state index < -0.39 is 38.4 Å². The van der Waals surface area contributed by atoms with Gasteiger partial charge in [-0.2, -0.15) is 26.3 Å². The Morgan fingerprint density at radius 2 is 1.27 bits per heavy atom. The predicted octanol–water partition coefficient (Wildman–Crippen LogP) is 4.98. The first-order valence-corrected chi connectivity index (χ1v) is 9.54. The molecule has 3 aromatic rings. The first-order chi connectivity index (χ1) is 13.9. The molecule has 1 aromatic heterocycles. The van der Waals surface area contributed by atoms with Crippen LogP contribution in [-0.4, -0.2) is 18.4 Å². The number of anilines is 1. The van der Waals surface area contributed by atoms with Crippen LogP contribution >= 0.6 is 0 Å². The Labute approximate surface area is 166 Å². The molecule has 3 rings (SSSR count). The summed E-state index contributed by atoms with van der Waals surface area (Å²) in [5, 5.41) is 0. The maximum absolute atomic E-state index is 13.0. The molecule has 1 heterocycles. The van der Waals surface area contributed by atoms with Gasteiger partial charge in [0.15, 0.2) is 5.82 Å². The van der Waals surface area contributed by atoms with Crippen molar-refractivity contribution in [1.29, 1.82) is 0 Å². The van der Waals surface area contributed by atoms with Gasteiger partial charge in [-0.15, -0.1) is 0 Å². The van der Waals surface area contributed by atoms with Crippen LogP contribution in [0.15, 0.2) is 65.8 Å². The summed E-state index contributed by atoms with van der Waals surface area (Å²) in [4.78, 5) is 6.69. The van der Waals surface area contributed by atoms with Crippen LogP contribution < -0.4 is 4.72 Å². The lowest BCUT2D eigenvalue weighted by molar-refractivity contribution is -0.143. The molecule has 2 aromatic carbocycles. The number of alkyl halides is 6. The molecule has 0 aliphatic heterocycles. The van der Waals surface area contributed by atoms with Crippen molar-refractivity contribution < 1.29 is 34.8 Å². The molecule has 0 amide bonds. The molecule has 0 unspecified atom stereocenters. The summed E-state index contributed by atoms with van der Waals surface area (Å²) in [5.41, 5.74) is -3.10.